The van der Waals surface area contributed by atoms with Gasteiger partial charge in [0, 0.05) is 29.2 Å². The average molecular weight is 393 g/mol. The highest BCUT2D eigenvalue weighted by Crippen LogP contribution is 2.25. The highest BCUT2D eigenvalue weighted by Gasteiger charge is 2.22. The van der Waals surface area contributed by atoms with Crippen LogP contribution in [0.25, 0.3) is 11.4 Å². The number of nitrogens with one attached hydrogen (secondary N) is 2. The molecule has 0 spiro atoms. The Kier molecular flexibility index (Phi) is 5.53. The Balaban J connectivity index is 1.48. The molecule has 28 heavy (non-hydrogen) atoms. The first-order valence-corrected chi connectivity index (χ1v) is 9.79. The molecule has 2 aromatic carbocycles. The van der Waals surface area contributed by atoms with E-state index in [1.165, 1.54) is 0 Å². The highest BCUT2D eigenvalue weighted by molar-refractivity contribution is 6.30. The molecule has 1 amide bonds. The third-order valence-electron chi connectivity index (χ3n) is 4.53. The largest absolute Gasteiger partial charge is 0.367 e. The maximum absolute atomic E-state index is 12.7. The minimum absolute atomic E-state index is 0.201. The second kappa shape index (κ2) is 8.40. The number of carbonyl (C=O) groups excluding carboxylic acids is 1. The molecule has 1 aliphatic rings. The van der Waals surface area contributed by atoms with Crippen LogP contribution in [-0.4, -0.2) is 28.5 Å². The number of amides is 1. The maximum Gasteiger partial charge on any atom is 0.270 e. The molecule has 3 aromatic rings. The smallest absolute Gasteiger partial charge is 0.270 e. The Labute approximate surface area is 169 Å². The lowest BCUT2D eigenvalue weighted by molar-refractivity contribution is 0.0949. The van der Waals surface area contributed by atoms with E-state index >= 15 is 0 Å². The quantitative estimate of drug-likeness (QED) is 0.627. The van der Waals surface area contributed by atoms with Crippen LogP contribution >= 0.6 is 11.6 Å². The molecule has 142 valence electrons. The molecule has 0 aliphatic heterocycles. The van der Waals surface area contributed by atoms with Gasteiger partial charge in [0.25, 0.3) is 5.91 Å². The number of hydrogen-bond acceptors (Lipinski definition) is 4. The van der Waals surface area contributed by atoms with Crippen molar-refractivity contribution in [1.29, 1.82) is 0 Å². The van der Waals surface area contributed by atoms with E-state index in [1.54, 1.807) is 6.07 Å². The third-order valence-corrected chi connectivity index (χ3v) is 4.78. The van der Waals surface area contributed by atoms with Gasteiger partial charge in [-0.05, 0) is 37.0 Å². The molecule has 0 radical (unpaired) electrons. The lowest BCUT2D eigenvalue weighted by Gasteiger charge is -2.10. The van der Waals surface area contributed by atoms with E-state index in [1.807, 2.05) is 54.6 Å². The molecule has 1 fully saturated rings. The standard InChI is InChI=1S/C22H21ClN4O/c23-17-8-6-15(7-9-17)12-13-24-22(28)19-14-20(25-18-10-11-18)27-21(26-19)16-4-2-1-3-5-16/h1-9,14,18H,10-13H2,(H,24,28)(H,25,26,27). The first-order valence-electron chi connectivity index (χ1n) is 9.41. The van der Waals surface area contributed by atoms with E-state index in [-0.39, 0.29) is 5.91 Å². The van der Waals surface area contributed by atoms with Gasteiger partial charge in [0.2, 0.25) is 0 Å². The van der Waals surface area contributed by atoms with E-state index in [4.69, 9.17) is 11.6 Å². The van der Waals surface area contributed by atoms with Gasteiger partial charge in [0.1, 0.15) is 11.5 Å². The number of halogens is 1. The normalized spacial score (nSPS) is 13.2. The third kappa shape index (κ3) is 4.87. The number of rotatable bonds is 7. The van der Waals surface area contributed by atoms with E-state index < -0.39 is 0 Å². The number of nitrogens with zero attached hydrogens (tertiary/aromatic N) is 2. The second-order valence-electron chi connectivity index (χ2n) is 6.88. The van der Waals surface area contributed by atoms with Crippen molar-refractivity contribution in [2.75, 3.05) is 11.9 Å². The lowest BCUT2D eigenvalue weighted by Crippen LogP contribution is -2.27. The van der Waals surface area contributed by atoms with Crippen molar-refractivity contribution in [2.24, 2.45) is 0 Å². The van der Waals surface area contributed by atoms with Crippen LogP contribution in [-0.2, 0) is 6.42 Å². The summed E-state index contributed by atoms with van der Waals surface area (Å²) < 4.78 is 0. The zero-order valence-electron chi connectivity index (χ0n) is 15.4. The highest BCUT2D eigenvalue weighted by atomic mass is 35.5. The number of benzene rings is 2. The molecule has 0 saturated heterocycles. The summed E-state index contributed by atoms with van der Waals surface area (Å²) in [6.07, 6.45) is 2.99. The van der Waals surface area contributed by atoms with Gasteiger partial charge < -0.3 is 10.6 Å². The van der Waals surface area contributed by atoms with Crippen LogP contribution < -0.4 is 10.6 Å². The monoisotopic (exact) mass is 392 g/mol. The van der Waals surface area contributed by atoms with Gasteiger partial charge in [-0.3, -0.25) is 4.79 Å². The fourth-order valence-corrected chi connectivity index (χ4v) is 2.98. The van der Waals surface area contributed by atoms with E-state index in [0.29, 0.717) is 34.9 Å². The Hall–Kier alpha value is -2.92. The first-order chi connectivity index (χ1) is 13.7. The molecule has 0 atom stereocenters. The molecule has 1 saturated carbocycles. The van der Waals surface area contributed by atoms with Crippen LogP contribution in [0.2, 0.25) is 5.02 Å². The summed E-state index contributed by atoms with van der Waals surface area (Å²) in [5.41, 5.74) is 2.37. The van der Waals surface area contributed by atoms with Gasteiger partial charge in [-0.15, -0.1) is 0 Å². The summed E-state index contributed by atoms with van der Waals surface area (Å²) in [6, 6.07) is 19.5. The van der Waals surface area contributed by atoms with Gasteiger partial charge in [-0.2, -0.15) is 0 Å². The SMILES string of the molecule is O=C(NCCc1ccc(Cl)cc1)c1cc(NC2CC2)nc(-c2ccccc2)n1. The second-order valence-corrected chi connectivity index (χ2v) is 7.32. The fraction of sp³-hybridized carbons (Fsp3) is 0.227. The van der Waals surface area contributed by atoms with Crippen LogP contribution in [0.4, 0.5) is 5.82 Å². The van der Waals surface area contributed by atoms with Crippen molar-refractivity contribution < 1.29 is 4.79 Å². The van der Waals surface area contributed by atoms with Crippen LogP contribution in [0.5, 0.6) is 0 Å². The predicted octanol–water partition coefficient (Wildman–Crippen LogP) is 4.34. The molecule has 1 aliphatic carbocycles. The molecular formula is C22H21ClN4O. The number of carbonyl (C=O) groups is 1. The van der Waals surface area contributed by atoms with Crippen LogP contribution in [0.3, 0.4) is 0 Å². The van der Waals surface area contributed by atoms with Crippen molar-refractivity contribution >= 4 is 23.3 Å². The molecule has 1 aromatic heterocycles. The topological polar surface area (TPSA) is 66.9 Å². The maximum atomic E-state index is 12.7. The zero-order valence-corrected chi connectivity index (χ0v) is 16.1. The van der Waals surface area contributed by atoms with Crippen molar-refractivity contribution in [3.8, 4) is 11.4 Å². The average Bonchev–Trinajstić information content (AvgIpc) is 3.54. The molecule has 0 bridgehead atoms. The van der Waals surface area contributed by atoms with Crippen LogP contribution in [0.1, 0.15) is 28.9 Å². The van der Waals surface area contributed by atoms with Crippen molar-refractivity contribution in [3.63, 3.8) is 0 Å². The molecule has 2 N–H and O–H groups in total. The van der Waals surface area contributed by atoms with Crippen molar-refractivity contribution in [3.05, 3.63) is 76.9 Å². The van der Waals surface area contributed by atoms with Gasteiger partial charge >= 0.3 is 0 Å². The summed E-state index contributed by atoms with van der Waals surface area (Å²) in [6.45, 7) is 0.524. The van der Waals surface area contributed by atoms with Crippen molar-refractivity contribution in [2.45, 2.75) is 25.3 Å². The van der Waals surface area contributed by atoms with Crippen LogP contribution in [0, 0.1) is 0 Å². The summed E-state index contributed by atoms with van der Waals surface area (Å²) in [5.74, 6) is 1.04. The van der Waals surface area contributed by atoms with E-state index in [0.717, 1.165) is 30.4 Å². The first kappa shape index (κ1) is 18.4. The minimum Gasteiger partial charge on any atom is -0.367 e. The Bertz CT molecular complexity index is 956. The zero-order chi connectivity index (χ0) is 19.3. The molecule has 5 nitrogen and oxygen atoms in total. The molecule has 1 heterocycles. The summed E-state index contributed by atoms with van der Waals surface area (Å²) in [4.78, 5) is 21.8. The summed E-state index contributed by atoms with van der Waals surface area (Å²) in [7, 11) is 0. The fourth-order valence-electron chi connectivity index (χ4n) is 2.85. The van der Waals surface area contributed by atoms with Gasteiger partial charge in [0.15, 0.2) is 5.82 Å². The summed E-state index contributed by atoms with van der Waals surface area (Å²) >= 11 is 5.91. The Morgan fingerprint density at radius 3 is 2.50 bits per heavy atom. The van der Waals surface area contributed by atoms with Crippen molar-refractivity contribution in [1.82, 2.24) is 15.3 Å². The van der Waals surface area contributed by atoms with Crippen LogP contribution in [0.15, 0.2) is 60.7 Å². The Morgan fingerprint density at radius 2 is 1.79 bits per heavy atom. The van der Waals surface area contributed by atoms with E-state index in [9.17, 15) is 4.79 Å². The Morgan fingerprint density at radius 1 is 1.04 bits per heavy atom. The number of hydrogen-bond donors (Lipinski definition) is 2. The van der Waals surface area contributed by atoms with Gasteiger partial charge in [0.05, 0.1) is 0 Å². The van der Waals surface area contributed by atoms with E-state index in [2.05, 4.69) is 20.6 Å². The minimum atomic E-state index is -0.201. The molecule has 6 heteroatoms. The molecule has 0 unspecified atom stereocenters. The lowest BCUT2D eigenvalue weighted by atomic mass is 10.1. The summed E-state index contributed by atoms with van der Waals surface area (Å²) in [5, 5.41) is 7.02. The number of aromatic nitrogens is 2. The molecular weight excluding hydrogens is 372 g/mol. The van der Waals surface area contributed by atoms with Gasteiger partial charge in [-0.25, -0.2) is 9.97 Å². The molecule has 4 rings (SSSR count). The predicted molar refractivity (Wildman–Crippen MR) is 112 cm³/mol. The van der Waals surface area contributed by atoms with Gasteiger partial charge in [-0.1, -0.05) is 54.1 Å². The number of anilines is 1.